The summed E-state index contributed by atoms with van der Waals surface area (Å²) in [5.74, 6) is -5.36. The number of halogens is 3. The third-order valence-electron chi connectivity index (χ3n) is 3.77. The van der Waals surface area contributed by atoms with E-state index in [0.29, 0.717) is 6.07 Å². The van der Waals surface area contributed by atoms with Crippen LogP contribution in [0.4, 0.5) is 18.9 Å². The number of thiophene rings is 1. The maximum atomic E-state index is 13.6. The highest BCUT2D eigenvalue weighted by atomic mass is 32.2. The molecule has 3 aromatic rings. The Balaban J connectivity index is 1.70. The summed E-state index contributed by atoms with van der Waals surface area (Å²) in [5, 5.41) is 1.82. The highest BCUT2D eigenvalue weighted by Gasteiger charge is 2.17. The summed E-state index contributed by atoms with van der Waals surface area (Å²) in [6.07, 6.45) is 0. The third kappa shape index (κ3) is 4.94. The molecule has 3 rings (SSSR count). The van der Waals surface area contributed by atoms with Gasteiger partial charge < -0.3 is 0 Å². The van der Waals surface area contributed by atoms with E-state index in [0.717, 1.165) is 17.0 Å². The normalized spacial score (nSPS) is 11.3. The Kier molecular flexibility index (Phi) is 6.20. The molecule has 152 valence electrons. The van der Waals surface area contributed by atoms with Gasteiger partial charge in [-0.3, -0.25) is 15.6 Å². The van der Waals surface area contributed by atoms with Crippen LogP contribution in [0.15, 0.2) is 58.8 Å². The van der Waals surface area contributed by atoms with Gasteiger partial charge in [-0.05, 0) is 41.8 Å². The molecule has 0 atom stereocenters. The van der Waals surface area contributed by atoms with Gasteiger partial charge in [0.1, 0.15) is 0 Å². The number of hydrogen-bond donors (Lipinski definition) is 3. The van der Waals surface area contributed by atoms with Crippen molar-refractivity contribution < 1.29 is 26.4 Å². The van der Waals surface area contributed by atoms with Crippen molar-refractivity contribution in [2.75, 3.05) is 5.43 Å². The van der Waals surface area contributed by atoms with Gasteiger partial charge in [0, 0.05) is 17.0 Å². The van der Waals surface area contributed by atoms with Crippen molar-refractivity contribution in [1.82, 2.24) is 10.1 Å². The van der Waals surface area contributed by atoms with Gasteiger partial charge in [0.15, 0.2) is 17.5 Å². The Morgan fingerprint density at radius 1 is 1.00 bits per heavy atom. The van der Waals surface area contributed by atoms with Gasteiger partial charge in [0.25, 0.3) is 5.91 Å². The molecule has 0 fully saturated rings. The fraction of sp³-hybridized carbons (Fsp3) is 0.0556. The first-order valence-corrected chi connectivity index (χ1v) is 10.5. The second-order valence-corrected chi connectivity index (χ2v) is 8.53. The van der Waals surface area contributed by atoms with Crippen LogP contribution in [-0.4, -0.2) is 14.3 Å². The van der Waals surface area contributed by atoms with Crippen LogP contribution < -0.4 is 15.6 Å². The van der Waals surface area contributed by atoms with E-state index in [9.17, 15) is 26.4 Å². The van der Waals surface area contributed by atoms with Crippen molar-refractivity contribution in [3.8, 4) is 0 Å². The lowest BCUT2D eigenvalue weighted by Gasteiger charge is -2.11. The molecular formula is C18H14F3N3O3S2. The maximum absolute atomic E-state index is 13.6. The molecule has 0 bridgehead atoms. The van der Waals surface area contributed by atoms with Gasteiger partial charge in [-0.25, -0.2) is 26.3 Å². The number of hydrazine groups is 1. The average Bonchev–Trinajstić information content (AvgIpc) is 3.24. The summed E-state index contributed by atoms with van der Waals surface area (Å²) < 4.78 is 67.0. The van der Waals surface area contributed by atoms with Gasteiger partial charge in [0.2, 0.25) is 10.0 Å². The standard InChI is InChI=1S/C18H14F3N3O3S2/c19-14-6-7-15(17(21)16(14)20)23-24-18(25)11-3-1-5-13(9-11)29(26,27)22-10-12-4-2-8-28-12/h1-9,22-23H,10H2,(H,24,25). The number of nitrogens with one attached hydrogen (secondary N) is 3. The van der Waals surface area contributed by atoms with E-state index in [1.165, 1.54) is 29.5 Å². The molecule has 0 aliphatic rings. The highest BCUT2D eigenvalue weighted by molar-refractivity contribution is 7.89. The number of carbonyl (C=O) groups is 1. The Labute approximate surface area is 168 Å². The molecule has 0 saturated heterocycles. The number of hydrogen-bond acceptors (Lipinski definition) is 5. The largest absolute Gasteiger partial charge is 0.295 e. The molecule has 3 N–H and O–H groups in total. The molecule has 0 aliphatic heterocycles. The lowest BCUT2D eigenvalue weighted by molar-refractivity contribution is 0.0962. The van der Waals surface area contributed by atoms with Crippen LogP contribution in [0.5, 0.6) is 0 Å². The second-order valence-electron chi connectivity index (χ2n) is 5.73. The molecule has 29 heavy (non-hydrogen) atoms. The third-order valence-corrected chi connectivity index (χ3v) is 6.04. The van der Waals surface area contributed by atoms with Crippen LogP contribution in [0, 0.1) is 17.5 Å². The van der Waals surface area contributed by atoms with E-state index in [2.05, 4.69) is 15.6 Å². The topological polar surface area (TPSA) is 87.3 Å². The van der Waals surface area contributed by atoms with Crippen LogP contribution in [0.25, 0.3) is 0 Å². The smallest absolute Gasteiger partial charge is 0.269 e. The highest BCUT2D eigenvalue weighted by Crippen LogP contribution is 2.19. The Morgan fingerprint density at radius 2 is 1.79 bits per heavy atom. The minimum Gasteiger partial charge on any atom is -0.295 e. The summed E-state index contributed by atoms with van der Waals surface area (Å²) in [6, 6.07) is 10.3. The lowest BCUT2D eigenvalue weighted by Crippen LogP contribution is -2.30. The Morgan fingerprint density at radius 3 is 2.52 bits per heavy atom. The minimum atomic E-state index is -3.87. The fourth-order valence-electron chi connectivity index (χ4n) is 2.29. The van der Waals surface area contributed by atoms with Crippen LogP contribution in [0.2, 0.25) is 0 Å². The molecule has 11 heteroatoms. The molecule has 0 spiro atoms. The van der Waals surface area contributed by atoms with Crippen LogP contribution in [0.3, 0.4) is 0 Å². The molecule has 0 aliphatic carbocycles. The number of carbonyl (C=O) groups excluding carboxylic acids is 1. The second kappa shape index (κ2) is 8.64. The van der Waals surface area contributed by atoms with E-state index < -0.39 is 39.1 Å². The van der Waals surface area contributed by atoms with E-state index in [4.69, 9.17) is 0 Å². The number of anilines is 1. The van der Waals surface area contributed by atoms with Gasteiger partial charge >= 0.3 is 0 Å². The number of benzene rings is 2. The van der Waals surface area contributed by atoms with E-state index in [1.54, 1.807) is 12.1 Å². The maximum Gasteiger partial charge on any atom is 0.269 e. The molecule has 6 nitrogen and oxygen atoms in total. The van der Waals surface area contributed by atoms with E-state index in [1.807, 2.05) is 5.38 Å². The number of amides is 1. The minimum absolute atomic E-state index is 0.0421. The lowest BCUT2D eigenvalue weighted by atomic mass is 10.2. The van der Waals surface area contributed by atoms with Gasteiger partial charge in [-0.1, -0.05) is 12.1 Å². The summed E-state index contributed by atoms with van der Waals surface area (Å²) in [6.45, 7) is 0.105. The van der Waals surface area contributed by atoms with Crippen molar-refractivity contribution in [2.24, 2.45) is 0 Å². The zero-order valence-corrected chi connectivity index (χ0v) is 16.2. The Bertz CT molecular complexity index is 1140. The molecule has 1 aromatic heterocycles. The monoisotopic (exact) mass is 441 g/mol. The quantitative estimate of drug-likeness (QED) is 0.387. The van der Waals surface area contributed by atoms with Gasteiger partial charge in [0.05, 0.1) is 10.6 Å². The van der Waals surface area contributed by atoms with Crippen molar-refractivity contribution in [3.63, 3.8) is 0 Å². The van der Waals surface area contributed by atoms with Crippen molar-refractivity contribution in [2.45, 2.75) is 11.4 Å². The molecule has 2 aromatic carbocycles. The molecule has 0 radical (unpaired) electrons. The van der Waals surface area contributed by atoms with Crippen molar-refractivity contribution >= 4 is 33.0 Å². The predicted octanol–water partition coefficient (Wildman–Crippen LogP) is 3.40. The summed E-state index contributed by atoms with van der Waals surface area (Å²) >= 11 is 1.39. The van der Waals surface area contributed by atoms with Gasteiger partial charge in [-0.2, -0.15) is 0 Å². The predicted molar refractivity (Wildman–Crippen MR) is 102 cm³/mol. The SMILES string of the molecule is O=C(NNc1ccc(F)c(F)c1F)c1cccc(S(=O)(=O)NCc2cccs2)c1. The molecule has 1 amide bonds. The molecule has 0 unspecified atom stereocenters. The fourth-order valence-corrected chi connectivity index (χ4v) is 4.07. The zero-order valence-electron chi connectivity index (χ0n) is 14.6. The molecule has 0 saturated carbocycles. The summed E-state index contributed by atoms with van der Waals surface area (Å²) in [4.78, 5) is 12.9. The van der Waals surface area contributed by atoms with Crippen molar-refractivity contribution in [3.05, 3.63) is 81.8 Å². The first-order valence-electron chi connectivity index (χ1n) is 8.10. The van der Waals surface area contributed by atoms with Crippen LogP contribution in [0.1, 0.15) is 15.2 Å². The first-order chi connectivity index (χ1) is 13.8. The number of sulfonamides is 1. The molecular weight excluding hydrogens is 427 g/mol. The van der Waals surface area contributed by atoms with Crippen LogP contribution >= 0.6 is 11.3 Å². The van der Waals surface area contributed by atoms with Crippen molar-refractivity contribution in [1.29, 1.82) is 0 Å². The van der Waals surface area contributed by atoms with Crippen LogP contribution in [-0.2, 0) is 16.6 Å². The number of rotatable bonds is 7. The summed E-state index contributed by atoms with van der Waals surface area (Å²) in [5.41, 5.74) is 3.71. The zero-order chi connectivity index (χ0) is 21.0. The van der Waals surface area contributed by atoms with E-state index in [-0.39, 0.29) is 17.0 Å². The molecule has 1 heterocycles. The van der Waals surface area contributed by atoms with E-state index >= 15 is 0 Å². The Hall–Kier alpha value is -2.89. The average molecular weight is 441 g/mol. The summed E-state index contributed by atoms with van der Waals surface area (Å²) in [7, 11) is -3.87. The first kappa shape index (κ1) is 20.8. The van der Waals surface area contributed by atoms with Gasteiger partial charge in [-0.15, -0.1) is 11.3 Å².